The lowest BCUT2D eigenvalue weighted by molar-refractivity contribution is 0.402. The highest BCUT2D eigenvalue weighted by Gasteiger charge is 2.13. The Morgan fingerprint density at radius 3 is 2.21 bits per heavy atom. The first kappa shape index (κ1) is 16.0. The van der Waals surface area contributed by atoms with Crippen molar-refractivity contribution in [3.63, 3.8) is 0 Å². The van der Waals surface area contributed by atoms with Gasteiger partial charge in [-0.1, -0.05) is 39.3 Å². The number of hydrogen-bond acceptors (Lipinski definition) is 2. The van der Waals surface area contributed by atoms with Gasteiger partial charge in [0.05, 0.1) is 0 Å². The van der Waals surface area contributed by atoms with E-state index in [1.165, 1.54) is 30.5 Å². The molecule has 0 bridgehead atoms. The van der Waals surface area contributed by atoms with Crippen LogP contribution in [-0.2, 0) is 0 Å². The summed E-state index contributed by atoms with van der Waals surface area (Å²) in [4.78, 5) is 2.15. The van der Waals surface area contributed by atoms with Gasteiger partial charge in [0, 0.05) is 25.8 Å². The van der Waals surface area contributed by atoms with Crippen molar-refractivity contribution < 1.29 is 0 Å². The van der Waals surface area contributed by atoms with E-state index in [1.807, 2.05) is 0 Å². The number of nitrogens with zero attached hydrogens (tertiary/aromatic N) is 1. The Bertz CT molecular complexity index is 343. The van der Waals surface area contributed by atoms with Crippen LogP contribution in [0.15, 0.2) is 24.3 Å². The van der Waals surface area contributed by atoms with Crippen LogP contribution in [0.3, 0.4) is 0 Å². The van der Waals surface area contributed by atoms with Gasteiger partial charge in [0.25, 0.3) is 0 Å². The van der Waals surface area contributed by atoms with E-state index in [4.69, 9.17) is 0 Å². The van der Waals surface area contributed by atoms with Gasteiger partial charge < -0.3 is 10.2 Å². The van der Waals surface area contributed by atoms with Gasteiger partial charge in [-0.25, -0.2) is 0 Å². The number of anilines is 1. The van der Waals surface area contributed by atoms with E-state index in [0.717, 1.165) is 12.5 Å². The summed E-state index contributed by atoms with van der Waals surface area (Å²) in [5.41, 5.74) is 2.68. The highest BCUT2D eigenvalue weighted by atomic mass is 15.1. The largest absolute Gasteiger partial charge is 0.378 e. The standard InChI is InChI=1S/C17H30N2/c1-6-12-18-17(13-14(3)7-2)15-8-10-16(11-9-15)19(4)5/h8-11,14,17-18H,6-7,12-13H2,1-5H3. The molecule has 2 heteroatoms. The fourth-order valence-corrected chi connectivity index (χ4v) is 2.23. The van der Waals surface area contributed by atoms with Gasteiger partial charge in [-0.3, -0.25) is 0 Å². The maximum absolute atomic E-state index is 3.69. The van der Waals surface area contributed by atoms with Gasteiger partial charge in [0.2, 0.25) is 0 Å². The lowest BCUT2D eigenvalue weighted by Gasteiger charge is -2.23. The number of nitrogens with one attached hydrogen (secondary N) is 1. The average Bonchev–Trinajstić information content (AvgIpc) is 2.43. The molecule has 0 fully saturated rings. The zero-order chi connectivity index (χ0) is 14.3. The van der Waals surface area contributed by atoms with Crippen LogP contribution in [0.5, 0.6) is 0 Å². The molecule has 2 unspecified atom stereocenters. The van der Waals surface area contributed by atoms with Gasteiger partial charge in [-0.2, -0.15) is 0 Å². The molecule has 0 aliphatic heterocycles. The van der Waals surface area contributed by atoms with E-state index in [9.17, 15) is 0 Å². The Hall–Kier alpha value is -1.02. The van der Waals surface area contributed by atoms with Crippen LogP contribution in [0, 0.1) is 5.92 Å². The third kappa shape index (κ3) is 5.23. The minimum absolute atomic E-state index is 0.492. The Kier molecular flexibility index (Phi) is 6.93. The van der Waals surface area contributed by atoms with Crippen molar-refractivity contribution in [2.75, 3.05) is 25.5 Å². The molecule has 0 saturated heterocycles. The molecule has 0 aliphatic rings. The van der Waals surface area contributed by atoms with E-state index >= 15 is 0 Å². The molecule has 0 amide bonds. The molecule has 1 aromatic carbocycles. The quantitative estimate of drug-likeness (QED) is 0.754. The first-order valence-corrected chi connectivity index (χ1v) is 7.59. The normalized spacial score (nSPS) is 14.2. The summed E-state index contributed by atoms with van der Waals surface area (Å²) >= 11 is 0. The number of rotatable bonds is 8. The zero-order valence-electron chi connectivity index (χ0n) is 13.2. The van der Waals surface area contributed by atoms with Crippen molar-refractivity contribution in [3.8, 4) is 0 Å². The SMILES string of the molecule is CCCNC(CC(C)CC)c1ccc(N(C)C)cc1. The first-order valence-electron chi connectivity index (χ1n) is 7.59. The van der Waals surface area contributed by atoms with E-state index in [-0.39, 0.29) is 0 Å². The van der Waals surface area contributed by atoms with Gasteiger partial charge in [-0.15, -0.1) is 0 Å². The minimum Gasteiger partial charge on any atom is -0.378 e. The summed E-state index contributed by atoms with van der Waals surface area (Å²) in [6.07, 6.45) is 3.66. The number of hydrogen-bond donors (Lipinski definition) is 1. The molecule has 0 radical (unpaired) electrons. The molecule has 108 valence electrons. The number of benzene rings is 1. The van der Waals surface area contributed by atoms with Crippen molar-refractivity contribution in [3.05, 3.63) is 29.8 Å². The van der Waals surface area contributed by atoms with Crippen molar-refractivity contribution >= 4 is 5.69 Å². The lowest BCUT2D eigenvalue weighted by atomic mass is 9.94. The molecule has 0 aliphatic carbocycles. The maximum Gasteiger partial charge on any atom is 0.0361 e. The summed E-state index contributed by atoms with van der Waals surface area (Å²) in [6.45, 7) is 7.94. The van der Waals surface area contributed by atoms with Gasteiger partial charge in [0.1, 0.15) is 0 Å². The Balaban J connectivity index is 2.77. The molecular weight excluding hydrogens is 232 g/mol. The van der Waals surface area contributed by atoms with Gasteiger partial charge >= 0.3 is 0 Å². The van der Waals surface area contributed by atoms with Crippen LogP contribution in [0.2, 0.25) is 0 Å². The molecule has 1 rings (SSSR count). The highest BCUT2D eigenvalue weighted by Crippen LogP contribution is 2.24. The third-order valence-electron chi connectivity index (χ3n) is 3.79. The molecule has 2 atom stereocenters. The van der Waals surface area contributed by atoms with E-state index in [2.05, 4.69) is 69.3 Å². The molecular formula is C17H30N2. The molecule has 0 heterocycles. The predicted molar refractivity (Wildman–Crippen MR) is 85.9 cm³/mol. The topological polar surface area (TPSA) is 15.3 Å². The average molecular weight is 262 g/mol. The van der Waals surface area contributed by atoms with Crippen molar-refractivity contribution in [1.29, 1.82) is 0 Å². The molecule has 1 aromatic rings. The summed E-state index contributed by atoms with van der Waals surface area (Å²) in [6, 6.07) is 9.46. The zero-order valence-corrected chi connectivity index (χ0v) is 13.2. The Morgan fingerprint density at radius 2 is 1.74 bits per heavy atom. The first-order chi connectivity index (χ1) is 9.08. The van der Waals surface area contributed by atoms with Crippen LogP contribution in [0.1, 0.15) is 51.6 Å². The predicted octanol–water partition coefficient (Wildman–Crippen LogP) is 4.23. The summed E-state index contributed by atoms with van der Waals surface area (Å²) in [5, 5.41) is 3.69. The van der Waals surface area contributed by atoms with Crippen LogP contribution < -0.4 is 10.2 Å². The van der Waals surface area contributed by atoms with Crippen molar-refractivity contribution in [2.45, 2.75) is 46.1 Å². The minimum atomic E-state index is 0.492. The Morgan fingerprint density at radius 1 is 1.11 bits per heavy atom. The molecule has 0 spiro atoms. The van der Waals surface area contributed by atoms with Crippen molar-refractivity contribution in [1.82, 2.24) is 5.32 Å². The van der Waals surface area contributed by atoms with Gasteiger partial charge in [-0.05, 0) is 43.0 Å². The molecule has 1 N–H and O–H groups in total. The van der Waals surface area contributed by atoms with Crippen LogP contribution >= 0.6 is 0 Å². The van der Waals surface area contributed by atoms with Crippen LogP contribution in [0.25, 0.3) is 0 Å². The second-order valence-electron chi connectivity index (χ2n) is 5.74. The molecule has 19 heavy (non-hydrogen) atoms. The summed E-state index contributed by atoms with van der Waals surface area (Å²) in [7, 11) is 4.17. The fourth-order valence-electron chi connectivity index (χ4n) is 2.23. The molecule has 0 aromatic heterocycles. The van der Waals surface area contributed by atoms with Crippen LogP contribution in [-0.4, -0.2) is 20.6 Å². The van der Waals surface area contributed by atoms with Crippen LogP contribution in [0.4, 0.5) is 5.69 Å². The maximum atomic E-state index is 3.69. The second-order valence-corrected chi connectivity index (χ2v) is 5.74. The lowest BCUT2D eigenvalue weighted by Crippen LogP contribution is -2.24. The van der Waals surface area contributed by atoms with Crippen molar-refractivity contribution in [2.24, 2.45) is 5.92 Å². The van der Waals surface area contributed by atoms with E-state index in [0.29, 0.717) is 6.04 Å². The monoisotopic (exact) mass is 262 g/mol. The summed E-state index contributed by atoms with van der Waals surface area (Å²) < 4.78 is 0. The fraction of sp³-hybridized carbons (Fsp3) is 0.647. The Labute approximate surface area is 119 Å². The smallest absolute Gasteiger partial charge is 0.0361 e. The van der Waals surface area contributed by atoms with E-state index in [1.54, 1.807) is 0 Å². The summed E-state index contributed by atoms with van der Waals surface area (Å²) in [5.74, 6) is 0.767. The second kappa shape index (κ2) is 8.21. The van der Waals surface area contributed by atoms with Gasteiger partial charge in [0.15, 0.2) is 0 Å². The highest BCUT2D eigenvalue weighted by molar-refractivity contribution is 5.46. The van der Waals surface area contributed by atoms with E-state index < -0.39 is 0 Å². The molecule has 0 saturated carbocycles. The third-order valence-corrected chi connectivity index (χ3v) is 3.79. The molecule has 2 nitrogen and oxygen atoms in total.